The van der Waals surface area contributed by atoms with Crippen molar-refractivity contribution < 1.29 is 84.2 Å². The summed E-state index contributed by atoms with van der Waals surface area (Å²) >= 11 is 0.997. The molecule has 0 radical (unpaired) electrons. The molecule has 262 valence electrons. The van der Waals surface area contributed by atoms with Crippen molar-refractivity contribution in [2.24, 2.45) is 0 Å². The first-order chi connectivity index (χ1) is 20.3. The first kappa shape index (κ1) is 39.3. The highest BCUT2D eigenvalue weighted by Gasteiger charge is 2.95. The number of carbonyl (C=O) groups is 1. The maximum absolute atomic E-state index is 14.1. The van der Waals surface area contributed by atoms with Crippen LogP contribution >= 0.6 is 11.3 Å². The maximum atomic E-state index is 14.1. The SMILES string of the molecule is CC(C)(C)c1nc(C(=O)OCCCC(F)(F)C(F)(F)C(F)(F)C(F)(F)C(F)(F)C(F)(F)C(F)(F)C(F)(F)F)c(-c2ccccc2)s1. The standard InChI is InChI=1S/C25H20F17NO2S/c1-17(2,3)16-43-13(14(46-16)12-8-5-4-6-9-12)15(44)45-11-7-10-18(26,27)19(28,29)20(30,31)21(32,33)22(34,35)23(36,37)24(38,39)25(40,41)42/h4-6,8-9H,7,10-11H2,1-3H3. The van der Waals surface area contributed by atoms with Crippen LogP contribution in [0.3, 0.4) is 0 Å². The molecule has 0 spiro atoms. The lowest BCUT2D eigenvalue weighted by Gasteiger charge is -2.42. The van der Waals surface area contributed by atoms with Crippen molar-refractivity contribution in [1.29, 1.82) is 0 Å². The number of carbonyl (C=O) groups excluding carboxylic acids is 1. The number of hydrogen-bond acceptors (Lipinski definition) is 4. The van der Waals surface area contributed by atoms with Crippen LogP contribution in [0.15, 0.2) is 30.3 Å². The number of halogens is 17. The molecule has 0 fully saturated rings. The Morgan fingerprint density at radius 2 is 1.11 bits per heavy atom. The van der Waals surface area contributed by atoms with Crippen LogP contribution in [0.25, 0.3) is 10.4 Å². The zero-order chi connectivity index (χ0) is 36.2. The number of nitrogens with zero attached hydrogens (tertiary/aromatic N) is 1. The Hall–Kier alpha value is -2.87. The van der Waals surface area contributed by atoms with E-state index in [1.165, 1.54) is 12.1 Å². The van der Waals surface area contributed by atoms with E-state index in [0.29, 0.717) is 10.6 Å². The van der Waals surface area contributed by atoms with Crippen molar-refractivity contribution in [3.05, 3.63) is 41.0 Å². The van der Waals surface area contributed by atoms with Crippen LogP contribution in [0, 0.1) is 0 Å². The lowest BCUT2D eigenvalue weighted by Crippen LogP contribution is -2.74. The van der Waals surface area contributed by atoms with Crippen molar-refractivity contribution in [2.75, 3.05) is 6.61 Å². The number of aromatic nitrogens is 1. The largest absolute Gasteiger partial charge is 0.461 e. The summed E-state index contributed by atoms with van der Waals surface area (Å²) in [5, 5.41) is 0.350. The van der Waals surface area contributed by atoms with Gasteiger partial charge in [0.25, 0.3) is 0 Å². The predicted octanol–water partition coefficient (Wildman–Crippen LogP) is 10.1. The fourth-order valence-electron chi connectivity index (χ4n) is 3.45. The summed E-state index contributed by atoms with van der Waals surface area (Å²) < 4.78 is 233. The second-order valence-corrected chi connectivity index (χ2v) is 11.7. The third-order valence-corrected chi connectivity index (χ3v) is 7.68. The predicted molar refractivity (Wildman–Crippen MR) is 126 cm³/mol. The van der Waals surface area contributed by atoms with Crippen LogP contribution in [-0.2, 0) is 10.2 Å². The quantitative estimate of drug-likeness (QED) is 0.125. The highest BCUT2D eigenvalue weighted by Crippen LogP contribution is 2.64. The molecular formula is C25H20F17NO2S. The first-order valence-corrected chi connectivity index (χ1v) is 13.1. The minimum atomic E-state index is -8.69. The molecule has 0 aliphatic rings. The van der Waals surface area contributed by atoms with Crippen molar-refractivity contribution in [3.8, 4) is 10.4 Å². The lowest BCUT2D eigenvalue weighted by molar-refractivity contribution is -0.461. The van der Waals surface area contributed by atoms with Crippen LogP contribution in [0.1, 0.15) is 49.1 Å². The molecule has 0 atom stereocenters. The van der Waals surface area contributed by atoms with Gasteiger partial charge in [-0.1, -0.05) is 51.1 Å². The zero-order valence-corrected chi connectivity index (χ0v) is 23.9. The van der Waals surface area contributed by atoms with Gasteiger partial charge in [-0.25, -0.2) is 9.78 Å². The molecule has 3 nitrogen and oxygen atoms in total. The lowest BCUT2D eigenvalue weighted by atomic mass is 9.88. The Labute approximate surface area is 251 Å². The van der Waals surface area contributed by atoms with Crippen molar-refractivity contribution in [1.82, 2.24) is 4.98 Å². The number of alkyl halides is 17. The maximum Gasteiger partial charge on any atom is 0.460 e. The second-order valence-electron chi connectivity index (χ2n) is 10.7. The van der Waals surface area contributed by atoms with E-state index < -0.39 is 84.2 Å². The monoisotopic (exact) mass is 721 g/mol. The van der Waals surface area contributed by atoms with E-state index >= 15 is 0 Å². The van der Waals surface area contributed by atoms with E-state index in [0.717, 1.165) is 11.3 Å². The van der Waals surface area contributed by atoms with Crippen LogP contribution in [0.5, 0.6) is 0 Å². The zero-order valence-electron chi connectivity index (χ0n) is 23.1. The first-order valence-electron chi connectivity index (χ1n) is 12.3. The highest BCUT2D eigenvalue weighted by molar-refractivity contribution is 7.15. The number of esters is 1. The number of thiazole rings is 1. The van der Waals surface area contributed by atoms with Gasteiger partial charge in [0.05, 0.1) is 16.5 Å². The summed E-state index contributed by atoms with van der Waals surface area (Å²) in [5.74, 6) is -58.2. The fourth-order valence-corrected chi connectivity index (χ4v) is 4.56. The Bertz CT molecular complexity index is 1380. The number of benzene rings is 1. The van der Waals surface area contributed by atoms with Crippen molar-refractivity contribution >= 4 is 17.3 Å². The summed E-state index contributed by atoms with van der Waals surface area (Å²) in [7, 11) is 0. The van der Waals surface area contributed by atoms with E-state index in [1.54, 1.807) is 39.0 Å². The van der Waals surface area contributed by atoms with Gasteiger partial charge in [0.1, 0.15) is 0 Å². The molecule has 1 aromatic heterocycles. The second kappa shape index (κ2) is 12.0. The van der Waals surface area contributed by atoms with Gasteiger partial charge in [-0.05, 0) is 12.0 Å². The molecule has 2 rings (SSSR count). The van der Waals surface area contributed by atoms with Gasteiger partial charge < -0.3 is 4.74 Å². The summed E-state index contributed by atoms with van der Waals surface area (Å²) in [6.45, 7) is 3.72. The van der Waals surface area contributed by atoms with E-state index in [4.69, 9.17) is 0 Å². The minimum Gasteiger partial charge on any atom is -0.461 e. The third kappa shape index (κ3) is 6.35. The normalized spacial score (nSPS) is 14.9. The smallest absolute Gasteiger partial charge is 0.460 e. The van der Waals surface area contributed by atoms with Crippen LogP contribution < -0.4 is 0 Å². The van der Waals surface area contributed by atoms with Crippen molar-refractivity contribution in [3.63, 3.8) is 0 Å². The topological polar surface area (TPSA) is 39.2 Å². The Kier molecular flexibility index (Phi) is 10.2. The molecule has 0 aliphatic carbocycles. The summed E-state index contributed by atoms with van der Waals surface area (Å²) in [6.07, 6.45) is -12.1. The molecule has 46 heavy (non-hydrogen) atoms. The molecule has 0 saturated carbocycles. The van der Waals surface area contributed by atoms with Crippen LogP contribution in [0.4, 0.5) is 74.6 Å². The average molecular weight is 721 g/mol. The molecule has 21 heteroatoms. The van der Waals surface area contributed by atoms with E-state index in [2.05, 4.69) is 9.72 Å². The van der Waals surface area contributed by atoms with Gasteiger partial charge in [0.2, 0.25) is 0 Å². The number of ether oxygens (including phenoxy) is 1. The fraction of sp³-hybridized carbons (Fsp3) is 0.600. The van der Waals surface area contributed by atoms with E-state index in [-0.39, 0.29) is 4.88 Å². The van der Waals surface area contributed by atoms with Gasteiger partial charge >= 0.3 is 53.6 Å². The Balaban J connectivity index is 2.29. The molecule has 0 amide bonds. The molecule has 2 aromatic rings. The molecule has 1 aromatic carbocycles. The molecule has 0 saturated heterocycles. The summed E-state index contributed by atoms with van der Waals surface area (Å²) in [4.78, 5) is 16.9. The number of hydrogen-bond donors (Lipinski definition) is 0. The molecule has 0 aliphatic heterocycles. The van der Waals surface area contributed by atoms with E-state index in [1.807, 2.05) is 0 Å². The van der Waals surface area contributed by atoms with Gasteiger partial charge in [0, 0.05) is 11.8 Å². The molecule has 0 unspecified atom stereocenters. The van der Waals surface area contributed by atoms with E-state index in [9.17, 15) is 79.4 Å². The third-order valence-electron chi connectivity index (χ3n) is 6.15. The molecule has 0 N–H and O–H groups in total. The Morgan fingerprint density at radius 3 is 1.54 bits per heavy atom. The Morgan fingerprint density at radius 1 is 0.674 bits per heavy atom. The minimum absolute atomic E-state index is 0.183. The van der Waals surface area contributed by atoms with Gasteiger partial charge in [-0.2, -0.15) is 74.6 Å². The van der Waals surface area contributed by atoms with Crippen LogP contribution in [-0.4, -0.2) is 65.2 Å². The van der Waals surface area contributed by atoms with Crippen molar-refractivity contribution in [2.45, 2.75) is 86.7 Å². The van der Waals surface area contributed by atoms with Gasteiger partial charge in [-0.3, -0.25) is 0 Å². The number of rotatable bonds is 12. The summed E-state index contributed by atoms with van der Waals surface area (Å²) in [6, 6.07) is 7.77. The highest BCUT2D eigenvalue weighted by atomic mass is 32.1. The van der Waals surface area contributed by atoms with Gasteiger partial charge in [0.15, 0.2) is 5.69 Å². The van der Waals surface area contributed by atoms with Gasteiger partial charge in [-0.15, -0.1) is 11.3 Å². The summed E-state index contributed by atoms with van der Waals surface area (Å²) in [5.41, 5.74) is -0.660. The van der Waals surface area contributed by atoms with Crippen LogP contribution in [0.2, 0.25) is 0 Å². The molecule has 0 bridgehead atoms. The molecule has 1 heterocycles. The molecular weight excluding hydrogens is 701 g/mol. The average Bonchev–Trinajstić information content (AvgIpc) is 3.37.